The molecule has 1 N–H and O–H groups in total. The number of nitrogens with one attached hydrogen (secondary N) is 1. The van der Waals surface area contributed by atoms with Crippen molar-refractivity contribution in [2.45, 2.75) is 67.3 Å². The van der Waals surface area contributed by atoms with E-state index in [9.17, 15) is 4.79 Å². The average Bonchev–Trinajstić information content (AvgIpc) is 3.23. The van der Waals surface area contributed by atoms with E-state index in [1.165, 1.54) is 0 Å². The number of carbonyl (C=O) groups is 1. The molecular formula is C23H48KN4O4-. The van der Waals surface area contributed by atoms with Crippen molar-refractivity contribution in [3.05, 3.63) is 26.2 Å². The zero-order chi connectivity index (χ0) is 23.0. The molecule has 0 radical (unpaired) electrons. The molecule has 0 aliphatic rings. The predicted octanol–water partition coefficient (Wildman–Crippen LogP) is 0.764. The first-order valence-corrected chi connectivity index (χ1v) is 11.3. The third kappa shape index (κ3) is 24.8. The van der Waals surface area contributed by atoms with Gasteiger partial charge in [0.25, 0.3) is 0 Å². The van der Waals surface area contributed by atoms with Crippen LogP contribution in [0.25, 0.3) is 0 Å². The minimum Gasteiger partial charge on any atom is -0.377 e. The molecule has 0 aliphatic heterocycles. The second-order valence-corrected chi connectivity index (χ2v) is 6.21. The van der Waals surface area contributed by atoms with E-state index in [0.717, 1.165) is 25.0 Å². The second kappa shape index (κ2) is 31.1. The molecule has 0 saturated carbocycles. The molecule has 186 valence electrons. The van der Waals surface area contributed by atoms with Crippen LogP contribution < -0.4 is 56.7 Å². The van der Waals surface area contributed by atoms with Crippen LogP contribution in [0.2, 0.25) is 0 Å². The van der Waals surface area contributed by atoms with Crippen molar-refractivity contribution in [1.29, 1.82) is 0 Å². The van der Waals surface area contributed by atoms with Gasteiger partial charge in [0.15, 0.2) is 0 Å². The quantitative estimate of drug-likeness (QED) is 0.212. The molecule has 9 heteroatoms. The Labute approximate surface area is 240 Å². The van der Waals surface area contributed by atoms with Crippen molar-refractivity contribution in [1.82, 2.24) is 20.3 Å². The van der Waals surface area contributed by atoms with E-state index in [-0.39, 0.29) is 70.6 Å². The number of hydrogen-bond acceptors (Lipinski definition) is 6. The molecular weight excluding hydrogens is 435 g/mol. The Morgan fingerprint density at radius 1 is 1.03 bits per heavy atom. The number of nitrogens with zero attached hydrogens (tertiary/aromatic N) is 3. The third-order valence-corrected chi connectivity index (χ3v) is 3.55. The monoisotopic (exact) mass is 483 g/mol. The number of carbonyl (C=O) groups excluding carboxylic acids is 1. The molecule has 0 saturated heterocycles. The number of hydrogen-bond donors (Lipinski definition) is 1. The van der Waals surface area contributed by atoms with E-state index < -0.39 is 0 Å². The number of amides is 1. The zero-order valence-electron chi connectivity index (χ0n) is 22.1. The van der Waals surface area contributed by atoms with Crippen LogP contribution in [-0.2, 0) is 32.0 Å². The molecule has 0 spiro atoms. The standard InChI is InChI=1S/C18H33N4O4.2C2H6.CH3.K/c1-4-5-6-17-15-22(21-20-17)8-10-25-12-14-26-13-11-24-9-7-19-18(23)16(2)3;2*1-2;;/h15-16H,1,4-14H2,2-3H3,(H,19,23);2*1-2H3;1H3;/q-1;;;-1;+1. The molecule has 0 unspecified atom stereocenters. The van der Waals surface area contributed by atoms with Crippen LogP contribution in [-0.4, -0.2) is 67.1 Å². The van der Waals surface area contributed by atoms with Crippen LogP contribution in [0.3, 0.4) is 0 Å². The molecule has 0 aliphatic carbocycles. The number of ether oxygens (including phenoxy) is 3. The Hall–Kier alpha value is 0.126. The molecule has 32 heavy (non-hydrogen) atoms. The SMILES string of the molecule is CC.CC.[CH2-]CCCc1cn(CCOCCOCCOCCNC(=O)C(C)C)nn1.[CH3-].[K+]. The minimum atomic E-state index is 0. The summed E-state index contributed by atoms with van der Waals surface area (Å²) in [5.41, 5.74) is 1.00. The minimum absolute atomic E-state index is 0. The summed E-state index contributed by atoms with van der Waals surface area (Å²) in [4.78, 5) is 11.3. The zero-order valence-corrected chi connectivity index (χ0v) is 25.2. The van der Waals surface area contributed by atoms with Crippen molar-refractivity contribution in [3.63, 3.8) is 0 Å². The van der Waals surface area contributed by atoms with Crippen molar-refractivity contribution in [2.75, 3.05) is 46.2 Å². The van der Waals surface area contributed by atoms with Gasteiger partial charge in [0.05, 0.1) is 51.9 Å². The summed E-state index contributed by atoms with van der Waals surface area (Å²) in [7, 11) is 0. The third-order valence-electron chi connectivity index (χ3n) is 3.55. The van der Waals surface area contributed by atoms with Crippen LogP contribution in [0, 0.1) is 20.3 Å². The maximum atomic E-state index is 11.3. The Morgan fingerprint density at radius 3 is 2.09 bits per heavy atom. The van der Waals surface area contributed by atoms with Gasteiger partial charge in [0.2, 0.25) is 5.91 Å². The largest absolute Gasteiger partial charge is 1.00 e. The van der Waals surface area contributed by atoms with Gasteiger partial charge in [0.1, 0.15) is 0 Å². The summed E-state index contributed by atoms with van der Waals surface area (Å²) < 4.78 is 18.1. The van der Waals surface area contributed by atoms with Crippen LogP contribution in [0.15, 0.2) is 6.20 Å². The number of rotatable bonds is 16. The van der Waals surface area contributed by atoms with Gasteiger partial charge in [-0.05, 0) is 6.42 Å². The van der Waals surface area contributed by atoms with Crippen molar-refractivity contribution < 1.29 is 70.4 Å². The molecule has 0 atom stereocenters. The van der Waals surface area contributed by atoms with Gasteiger partial charge in [-0.1, -0.05) is 53.2 Å². The van der Waals surface area contributed by atoms with Crippen molar-refractivity contribution in [2.24, 2.45) is 5.92 Å². The van der Waals surface area contributed by atoms with E-state index in [0.29, 0.717) is 52.7 Å². The molecule has 0 fully saturated rings. The Morgan fingerprint density at radius 2 is 1.56 bits per heavy atom. The first kappa shape index (κ1) is 39.3. The van der Waals surface area contributed by atoms with Crippen LogP contribution >= 0.6 is 0 Å². The molecule has 1 aromatic heterocycles. The fraction of sp³-hybridized carbons (Fsp3) is 0.783. The first-order valence-electron chi connectivity index (χ1n) is 11.3. The maximum absolute atomic E-state index is 11.3. The first-order chi connectivity index (χ1) is 14.6. The van der Waals surface area contributed by atoms with E-state index >= 15 is 0 Å². The Bertz CT molecular complexity index is 488. The predicted molar refractivity (Wildman–Crippen MR) is 128 cm³/mol. The summed E-state index contributed by atoms with van der Waals surface area (Å²) in [5, 5.41) is 11.0. The normalized spacial score (nSPS) is 9.50. The summed E-state index contributed by atoms with van der Waals surface area (Å²) in [6.07, 6.45) is 4.82. The van der Waals surface area contributed by atoms with Gasteiger partial charge < -0.3 is 33.9 Å². The van der Waals surface area contributed by atoms with Crippen LogP contribution in [0.1, 0.15) is 60.1 Å². The van der Waals surface area contributed by atoms with Gasteiger partial charge in [0, 0.05) is 18.7 Å². The molecule has 1 amide bonds. The topological polar surface area (TPSA) is 87.5 Å². The smallest absolute Gasteiger partial charge is 0.377 e. The van der Waals surface area contributed by atoms with Gasteiger partial charge in [-0.2, -0.15) is 6.42 Å². The molecule has 1 heterocycles. The Balaban J connectivity index is -0.000000616. The average molecular weight is 484 g/mol. The summed E-state index contributed by atoms with van der Waals surface area (Å²) in [6, 6.07) is 0. The van der Waals surface area contributed by atoms with Crippen LogP contribution in [0.5, 0.6) is 0 Å². The van der Waals surface area contributed by atoms with E-state index in [1.807, 2.05) is 47.7 Å². The summed E-state index contributed by atoms with van der Waals surface area (Å²) >= 11 is 0. The summed E-state index contributed by atoms with van der Waals surface area (Å²) in [5.74, 6) is 0.0472. The summed E-state index contributed by atoms with van der Waals surface area (Å²) in [6.45, 7) is 19.9. The van der Waals surface area contributed by atoms with Crippen molar-refractivity contribution >= 4 is 5.91 Å². The second-order valence-electron chi connectivity index (χ2n) is 6.21. The Kier molecular flexibility index (Phi) is 38.3. The van der Waals surface area contributed by atoms with Gasteiger partial charge in [-0.15, -0.1) is 5.10 Å². The van der Waals surface area contributed by atoms with Gasteiger partial charge >= 0.3 is 51.4 Å². The van der Waals surface area contributed by atoms with Gasteiger partial charge in [-0.3, -0.25) is 4.79 Å². The van der Waals surface area contributed by atoms with E-state index in [4.69, 9.17) is 14.2 Å². The van der Waals surface area contributed by atoms with Crippen LogP contribution in [0.4, 0.5) is 0 Å². The number of aryl methyl sites for hydroxylation is 1. The number of unbranched alkanes of at least 4 members (excludes halogenated alkanes) is 1. The maximum Gasteiger partial charge on any atom is 1.00 e. The van der Waals surface area contributed by atoms with Gasteiger partial charge in [-0.25, -0.2) is 4.68 Å². The fourth-order valence-electron chi connectivity index (χ4n) is 2.02. The van der Waals surface area contributed by atoms with E-state index in [1.54, 1.807) is 4.68 Å². The van der Waals surface area contributed by atoms with E-state index in [2.05, 4.69) is 22.6 Å². The molecule has 1 rings (SSSR count). The molecule has 1 aromatic rings. The molecule has 0 bridgehead atoms. The van der Waals surface area contributed by atoms with Crippen molar-refractivity contribution in [3.8, 4) is 0 Å². The fourth-order valence-corrected chi connectivity index (χ4v) is 2.02. The molecule has 8 nitrogen and oxygen atoms in total. The number of aromatic nitrogens is 3. The molecule has 0 aromatic carbocycles.